The molecule has 3 heterocycles. The molecular weight excluding hydrogens is 458 g/mol. The second-order valence-electron chi connectivity index (χ2n) is 9.74. The maximum absolute atomic E-state index is 13.5. The number of imidazole rings is 1. The van der Waals surface area contributed by atoms with E-state index >= 15 is 0 Å². The molecule has 4 aromatic rings. The molecule has 7 nitrogen and oxygen atoms in total. The lowest BCUT2D eigenvalue weighted by atomic mass is 9.76. The van der Waals surface area contributed by atoms with Gasteiger partial charge in [0.15, 0.2) is 0 Å². The summed E-state index contributed by atoms with van der Waals surface area (Å²) in [6, 6.07) is 13.5. The van der Waals surface area contributed by atoms with Crippen LogP contribution >= 0.6 is 11.3 Å². The summed E-state index contributed by atoms with van der Waals surface area (Å²) in [6.45, 7) is 3.30. The Morgan fingerprint density at radius 1 is 1.20 bits per heavy atom. The number of fused-ring (bicyclic) bond motifs is 1. The zero-order valence-electron chi connectivity index (χ0n) is 19.6. The van der Waals surface area contributed by atoms with Crippen LogP contribution in [-0.4, -0.2) is 44.8 Å². The van der Waals surface area contributed by atoms with Crippen LogP contribution in [0.15, 0.2) is 54.2 Å². The fourth-order valence-corrected chi connectivity index (χ4v) is 6.46. The van der Waals surface area contributed by atoms with Gasteiger partial charge in [-0.15, -0.1) is 11.3 Å². The second kappa shape index (κ2) is 8.61. The van der Waals surface area contributed by atoms with Crippen molar-refractivity contribution in [3.63, 3.8) is 0 Å². The number of rotatable bonds is 4. The van der Waals surface area contributed by atoms with E-state index in [2.05, 4.69) is 20.3 Å². The molecule has 1 saturated heterocycles. The third kappa shape index (κ3) is 4.01. The number of carbonyl (C=O) groups excluding carboxylic acids is 2. The third-order valence-electron chi connectivity index (χ3n) is 7.61. The summed E-state index contributed by atoms with van der Waals surface area (Å²) < 4.78 is 0. The molecule has 2 unspecified atom stereocenters. The van der Waals surface area contributed by atoms with E-state index in [1.54, 1.807) is 17.7 Å². The van der Waals surface area contributed by atoms with E-state index in [1.165, 1.54) is 0 Å². The standard InChI is InChI=1S/C27H27N5O2S/c1-17-30-24(14-35-17)18-4-2-5-20(12-18)31-25(33)21-6-3-9-27(21)10-11-32(15-27)26(34)19-7-8-22-23(13-19)29-16-28-22/h2,4-5,7-8,12-14,16,21H,3,6,9-11,15H2,1H3,(H,28,29)(H,31,33). The number of anilines is 1. The average Bonchev–Trinajstić information content (AvgIpc) is 3.66. The van der Waals surface area contributed by atoms with Crippen molar-refractivity contribution in [1.82, 2.24) is 19.9 Å². The van der Waals surface area contributed by atoms with Crippen molar-refractivity contribution < 1.29 is 9.59 Å². The Morgan fingerprint density at radius 3 is 2.97 bits per heavy atom. The quantitative estimate of drug-likeness (QED) is 0.412. The minimum Gasteiger partial charge on any atom is -0.345 e. The van der Waals surface area contributed by atoms with E-state index in [9.17, 15) is 9.59 Å². The Bertz CT molecular complexity index is 1430. The minimum atomic E-state index is -0.151. The lowest BCUT2D eigenvalue weighted by molar-refractivity contribution is -0.122. The molecule has 2 amide bonds. The van der Waals surface area contributed by atoms with Gasteiger partial charge in [0, 0.05) is 46.6 Å². The summed E-state index contributed by atoms with van der Waals surface area (Å²) in [7, 11) is 0. The number of nitrogens with one attached hydrogen (secondary N) is 2. The van der Waals surface area contributed by atoms with Gasteiger partial charge in [-0.3, -0.25) is 9.59 Å². The Morgan fingerprint density at radius 2 is 2.11 bits per heavy atom. The number of hydrogen-bond donors (Lipinski definition) is 2. The predicted octanol–water partition coefficient (Wildman–Crippen LogP) is 5.27. The second-order valence-corrected chi connectivity index (χ2v) is 10.8. The number of aromatic amines is 1. The highest BCUT2D eigenvalue weighted by molar-refractivity contribution is 7.09. The summed E-state index contributed by atoms with van der Waals surface area (Å²) in [5.74, 6) is -0.0152. The molecule has 1 aliphatic heterocycles. The molecule has 0 bridgehead atoms. The van der Waals surface area contributed by atoms with E-state index < -0.39 is 0 Å². The fourth-order valence-electron chi connectivity index (χ4n) is 5.84. The summed E-state index contributed by atoms with van der Waals surface area (Å²) >= 11 is 1.62. The highest BCUT2D eigenvalue weighted by Crippen LogP contribution is 2.50. The maximum Gasteiger partial charge on any atom is 0.253 e. The van der Waals surface area contributed by atoms with Crippen LogP contribution < -0.4 is 5.32 Å². The van der Waals surface area contributed by atoms with Crippen LogP contribution in [0, 0.1) is 18.3 Å². The first-order valence-corrected chi connectivity index (χ1v) is 12.9. The normalized spacial score (nSPS) is 21.7. The molecule has 8 heteroatoms. The zero-order valence-corrected chi connectivity index (χ0v) is 20.4. The predicted molar refractivity (Wildman–Crippen MR) is 137 cm³/mol. The molecule has 178 valence electrons. The summed E-state index contributed by atoms with van der Waals surface area (Å²) in [5.41, 5.74) is 4.94. The van der Waals surface area contributed by atoms with Crippen molar-refractivity contribution in [2.45, 2.75) is 32.6 Å². The first kappa shape index (κ1) is 22.0. The smallest absolute Gasteiger partial charge is 0.253 e. The summed E-state index contributed by atoms with van der Waals surface area (Å²) in [4.78, 5) is 40.5. The molecule has 2 aromatic carbocycles. The highest BCUT2D eigenvalue weighted by atomic mass is 32.1. The van der Waals surface area contributed by atoms with Gasteiger partial charge in [0.05, 0.1) is 28.1 Å². The maximum atomic E-state index is 13.5. The van der Waals surface area contributed by atoms with Gasteiger partial charge in [0.2, 0.25) is 5.91 Å². The number of H-pyrrole nitrogens is 1. The SMILES string of the molecule is Cc1nc(-c2cccc(NC(=O)C3CCCC34CCN(C(=O)c3ccc5nc[nH]c5c3)C4)c2)cs1. The molecule has 1 saturated carbocycles. The van der Waals surface area contributed by atoms with Crippen molar-refractivity contribution in [3.8, 4) is 11.3 Å². The van der Waals surface area contributed by atoms with Gasteiger partial charge in [-0.05, 0) is 56.5 Å². The lowest BCUT2D eigenvalue weighted by Crippen LogP contribution is -2.38. The number of benzene rings is 2. The van der Waals surface area contributed by atoms with Crippen LogP contribution in [0.25, 0.3) is 22.3 Å². The zero-order chi connectivity index (χ0) is 24.0. The monoisotopic (exact) mass is 485 g/mol. The number of nitrogens with zero attached hydrogens (tertiary/aromatic N) is 3. The van der Waals surface area contributed by atoms with E-state index in [0.29, 0.717) is 18.7 Å². The first-order valence-electron chi connectivity index (χ1n) is 12.1. The molecule has 2 atom stereocenters. The summed E-state index contributed by atoms with van der Waals surface area (Å²) in [5, 5.41) is 6.23. The van der Waals surface area contributed by atoms with Crippen molar-refractivity contribution in [1.29, 1.82) is 0 Å². The van der Waals surface area contributed by atoms with Gasteiger partial charge in [-0.1, -0.05) is 18.6 Å². The van der Waals surface area contributed by atoms with E-state index in [4.69, 9.17) is 0 Å². The van der Waals surface area contributed by atoms with E-state index in [1.807, 2.05) is 59.7 Å². The molecule has 0 radical (unpaired) electrons. The number of aryl methyl sites for hydroxylation is 1. The van der Waals surface area contributed by atoms with Gasteiger partial charge in [0.25, 0.3) is 5.91 Å². The molecule has 2 N–H and O–H groups in total. The molecular formula is C27H27N5O2S. The van der Waals surface area contributed by atoms with Crippen molar-refractivity contribution in [3.05, 3.63) is 64.7 Å². The van der Waals surface area contributed by atoms with Crippen LogP contribution in [0.4, 0.5) is 5.69 Å². The minimum absolute atomic E-state index is 0.0238. The Labute approximate surface area is 207 Å². The van der Waals surface area contributed by atoms with Crippen LogP contribution in [0.1, 0.15) is 41.0 Å². The molecule has 1 spiro atoms. The number of amides is 2. The third-order valence-corrected chi connectivity index (χ3v) is 8.38. The van der Waals surface area contributed by atoms with Gasteiger partial charge in [-0.25, -0.2) is 9.97 Å². The Balaban J connectivity index is 1.17. The molecule has 2 aliphatic rings. The first-order chi connectivity index (χ1) is 17.0. The number of hydrogen-bond acceptors (Lipinski definition) is 5. The van der Waals surface area contributed by atoms with Gasteiger partial charge < -0.3 is 15.2 Å². The molecule has 6 rings (SSSR count). The molecule has 1 aliphatic carbocycles. The van der Waals surface area contributed by atoms with Crippen LogP contribution in [0.3, 0.4) is 0 Å². The number of carbonyl (C=O) groups is 2. The van der Waals surface area contributed by atoms with Crippen molar-refractivity contribution >= 4 is 39.9 Å². The average molecular weight is 486 g/mol. The largest absolute Gasteiger partial charge is 0.345 e. The Kier molecular flexibility index (Phi) is 5.40. The number of thiazole rings is 1. The lowest BCUT2D eigenvalue weighted by Gasteiger charge is -2.30. The van der Waals surface area contributed by atoms with Gasteiger partial charge >= 0.3 is 0 Å². The topological polar surface area (TPSA) is 91.0 Å². The van der Waals surface area contributed by atoms with E-state index in [-0.39, 0.29) is 23.1 Å². The molecule has 2 fully saturated rings. The van der Waals surface area contributed by atoms with E-state index in [0.717, 1.165) is 58.7 Å². The van der Waals surface area contributed by atoms with Gasteiger partial charge in [0.1, 0.15) is 0 Å². The number of aromatic nitrogens is 3. The fraction of sp³-hybridized carbons (Fsp3) is 0.333. The van der Waals surface area contributed by atoms with Crippen LogP contribution in [0.2, 0.25) is 0 Å². The summed E-state index contributed by atoms with van der Waals surface area (Å²) in [6.07, 6.45) is 5.35. The van der Waals surface area contributed by atoms with Crippen LogP contribution in [0.5, 0.6) is 0 Å². The van der Waals surface area contributed by atoms with Gasteiger partial charge in [-0.2, -0.15) is 0 Å². The van der Waals surface area contributed by atoms with Crippen molar-refractivity contribution in [2.75, 3.05) is 18.4 Å². The van der Waals surface area contributed by atoms with Crippen LogP contribution in [-0.2, 0) is 4.79 Å². The molecule has 2 aromatic heterocycles. The van der Waals surface area contributed by atoms with Crippen molar-refractivity contribution in [2.24, 2.45) is 11.3 Å². The highest BCUT2D eigenvalue weighted by Gasteiger charge is 2.51. The molecule has 35 heavy (non-hydrogen) atoms. The Hall–Kier alpha value is -3.52. The number of likely N-dealkylation sites (tertiary alicyclic amines) is 1.